The first-order valence-corrected chi connectivity index (χ1v) is 13.5. The normalized spacial score (nSPS) is 12.7. The summed E-state index contributed by atoms with van der Waals surface area (Å²) in [6.45, 7) is 2.42. The standard InChI is InChI=1S/C23H48O4S.K/c1-2-3-17-20-23(28(25,26)27)21-18-15-13-11-9-7-5-4-6-8-10-12-14-16-19-22-24;/h23-24H,2-22H2,1H3,(H,25,26,27);/q;+1/p-1. The summed E-state index contributed by atoms with van der Waals surface area (Å²) in [5.74, 6) is 0. The van der Waals surface area contributed by atoms with Gasteiger partial charge in [-0.2, -0.15) is 0 Å². The minimum Gasteiger partial charge on any atom is -0.748 e. The zero-order valence-corrected chi connectivity index (χ0v) is 23.4. The van der Waals surface area contributed by atoms with Crippen LogP contribution in [0.1, 0.15) is 135 Å². The van der Waals surface area contributed by atoms with Crippen LogP contribution in [0.2, 0.25) is 0 Å². The Morgan fingerprint density at radius 3 is 1.24 bits per heavy atom. The van der Waals surface area contributed by atoms with Crippen LogP contribution in [0, 0.1) is 0 Å². The van der Waals surface area contributed by atoms with Crippen LogP contribution < -0.4 is 51.4 Å². The van der Waals surface area contributed by atoms with E-state index < -0.39 is 15.4 Å². The number of hydrogen-bond donors (Lipinski definition) is 1. The number of hydrogen-bond acceptors (Lipinski definition) is 4. The van der Waals surface area contributed by atoms with Gasteiger partial charge in [-0.3, -0.25) is 0 Å². The second kappa shape index (κ2) is 24.2. The van der Waals surface area contributed by atoms with Crippen LogP contribution in [-0.2, 0) is 10.1 Å². The van der Waals surface area contributed by atoms with Gasteiger partial charge in [0, 0.05) is 11.9 Å². The summed E-state index contributed by atoms with van der Waals surface area (Å²) in [5.41, 5.74) is 0. The van der Waals surface area contributed by atoms with Crippen LogP contribution in [-0.4, -0.2) is 29.9 Å². The van der Waals surface area contributed by atoms with Gasteiger partial charge >= 0.3 is 51.4 Å². The first-order chi connectivity index (χ1) is 13.5. The smallest absolute Gasteiger partial charge is 0.748 e. The Bertz CT molecular complexity index is 415. The van der Waals surface area contributed by atoms with Gasteiger partial charge in [0.15, 0.2) is 0 Å². The van der Waals surface area contributed by atoms with Gasteiger partial charge in [-0.1, -0.05) is 116 Å². The van der Waals surface area contributed by atoms with E-state index in [0.29, 0.717) is 19.4 Å². The zero-order valence-electron chi connectivity index (χ0n) is 19.5. The molecule has 0 aliphatic rings. The molecule has 0 heterocycles. The van der Waals surface area contributed by atoms with Crippen molar-refractivity contribution in [3.8, 4) is 0 Å². The van der Waals surface area contributed by atoms with E-state index in [0.717, 1.165) is 44.9 Å². The van der Waals surface area contributed by atoms with Gasteiger partial charge in [0.25, 0.3) is 0 Å². The molecular weight excluding hydrogens is 411 g/mol. The number of aliphatic hydroxyl groups is 1. The van der Waals surface area contributed by atoms with Crippen LogP contribution in [0.4, 0.5) is 0 Å². The minimum absolute atomic E-state index is 0. The van der Waals surface area contributed by atoms with E-state index in [4.69, 9.17) is 5.11 Å². The largest absolute Gasteiger partial charge is 1.00 e. The van der Waals surface area contributed by atoms with Crippen molar-refractivity contribution in [1.29, 1.82) is 0 Å². The topological polar surface area (TPSA) is 77.4 Å². The molecule has 1 atom stereocenters. The van der Waals surface area contributed by atoms with Gasteiger partial charge < -0.3 is 9.66 Å². The van der Waals surface area contributed by atoms with Crippen LogP contribution in [0.15, 0.2) is 0 Å². The zero-order chi connectivity index (χ0) is 20.9. The third-order valence-corrected chi connectivity index (χ3v) is 7.01. The summed E-state index contributed by atoms with van der Waals surface area (Å²) >= 11 is 0. The number of aliphatic hydroxyl groups excluding tert-OH is 1. The van der Waals surface area contributed by atoms with Crippen molar-refractivity contribution >= 4 is 10.1 Å². The average molecular weight is 459 g/mol. The summed E-state index contributed by atoms with van der Waals surface area (Å²) in [6.07, 6.45) is 22.3. The molecule has 0 rings (SSSR count). The van der Waals surface area contributed by atoms with Crippen molar-refractivity contribution in [3.05, 3.63) is 0 Å². The predicted octanol–water partition coefficient (Wildman–Crippen LogP) is 3.72. The molecule has 6 heteroatoms. The van der Waals surface area contributed by atoms with Crippen molar-refractivity contribution in [1.82, 2.24) is 0 Å². The van der Waals surface area contributed by atoms with E-state index in [1.807, 2.05) is 0 Å². The summed E-state index contributed by atoms with van der Waals surface area (Å²) in [6, 6.07) is 0. The Kier molecular flexibility index (Phi) is 27.2. The second-order valence-corrected chi connectivity index (χ2v) is 10.1. The Labute approximate surface area is 224 Å². The molecule has 0 aliphatic heterocycles. The molecular formula is C23H47KO4S. The van der Waals surface area contributed by atoms with Gasteiger partial charge in [0.05, 0.1) is 10.1 Å². The summed E-state index contributed by atoms with van der Waals surface area (Å²) in [7, 11) is -4.13. The van der Waals surface area contributed by atoms with E-state index in [-0.39, 0.29) is 51.4 Å². The quantitative estimate of drug-likeness (QED) is 0.152. The summed E-state index contributed by atoms with van der Waals surface area (Å²) in [5, 5.41) is 8.07. The van der Waals surface area contributed by atoms with Crippen molar-refractivity contribution in [2.45, 2.75) is 141 Å². The molecule has 4 nitrogen and oxygen atoms in total. The molecule has 1 N–H and O–H groups in total. The molecule has 0 saturated heterocycles. The third kappa shape index (κ3) is 24.0. The molecule has 0 radical (unpaired) electrons. The van der Waals surface area contributed by atoms with Crippen LogP contribution >= 0.6 is 0 Å². The molecule has 29 heavy (non-hydrogen) atoms. The number of unbranched alkanes of at least 4 members (excludes halogenated alkanes) is 16. The monoisotopic (exact) mass is 458 g/mol. The van der Waals surface area contributed by atoms with E-state index >= 15 is 0 Å². The third-order valence-electron chi connectivity index (χ3n) is 5.72. The van der Waals surface area contributed by atoms with E-state index in [1.54, 1.807) is 0 Å². The Hall–Kier alpha value is 1.51. The molecule has 0 bridgehead atoms. The maximum atomic E-state index is 11.4. The van der Waals surface area contributed by atoms with Crippen LogP contribution in [0.3, 0.4) is 0 Å². The van der Waals surface area contributed by atoms with Crippen LogP contribution in [0.5, 0.6) is 0 Å². The molecule has 1 unspecified atom stereocenters. The average Bonchev–Trinajstić information content (AvgIpc) is 2.65. The molecule has 0 aromatic rings. The van der Waals surface area contributed by atoms with E-state index in [1.165, 1.54) is 70.6 Å². The Balaban J connectivity index is 0. The molecule has 0 saturated carbocycles. The van der Waals surface area contributed by atoms with Crippen molar-refractivity contribution in [3.63, 3.8) is 0 Å². The predicted molar refractivity (Wildman–Crippen MR) is 119 cm³/mol. The summed E-state index contributed by atoms with van der Waals surface area (Å²) < 4.78 is 34.1. The fraction of sp³-hybridized carbons (Fsp3) is 1.00. The second-order valence-electron chi connectivity index (χ2n) is 8.43. The maximum Gasteiger partial charge on any atom is 1.00 e. The molecule has 0 fully saturated rings. The van der Waals surface area contributed by atoms with Crippen LogP contribution in [0.25, 0.3) is 0 Å². The van der Waals surface area contributed by atoms with Crippen molar-refractivity contribution in [2.75, 3.05) is 6.61 Å². The minimum atomic E-state index is -4.13. The van der Waals surface area contributed by atoms with E-state index in [9.17, 15) is 13.0 Å². The fourth-order valence-electron chi connectivity index (χ4n) is 3.84. The SMILES string of the molecule is CCCCCC(CCCCCCCCCCCCCCCCCO)S(=O)(=O)[O-].[K+]. The molecule has 0 spiro atoms. The van der Waals surface area contributed by atoms with Crippen molar-refractivity contribution < 1.29 is 69.5 Å². The van der Waals surface area contributed by atoms with Gasteiger partial charge in [-0.15, -0.1) is 0 Å². The first-order valence-electron chi connectivity index (χ1n) is 12.1. The van der Waals surface area contributed by atoms with Gasteiger partial charge in [0.2, 0.25) is 0 Å². The van der Waals surface area contributed by atoms with Gasteiger partial charge in [-0.05, 0) is 19.3 Å². The fourth-order valence-corrected chi connectivity index (χ4v) is 4.75. The molecule has 0 aromatic heterocycles. The van der Waals surface area contributed by atoms with Gasteiger partial charge in [-0.25, -0.2) is 8.42 Å². The van der Waals surface area contributed by atoms with Crippen molar-refractivity contribution in [2.24, 2.45) is 0 Å². The first kappa shape index (κ1) is 32.7. The summed E-state index contributed by atoms with van der Waals surface area (Å²) in [4.78, 5) is 0. The molecule has 170 valence electrons. The Morgan fingerprint density at radius 1 is 0.621 bits per heavy atom. The Morgan fingerprint density at radius 2 is 0.931 bits per heavy atom. The van der Waals surface area contributed by atoms with E-state index in [2.05, 4.69) is 6.92 Å². The molecule has 0 aliphatic carbocycles. The maximum absolute atomic E-state index is 11.4. The molecule has 0 aromatic carbocycles. The molecule has 0 amide bonds. The van der Waals surface area contributed by atoms with Gasteiger partial charge in [0.1, 0.15) is 0 Å². The number of rotatable bonds is 22.